The summed E-state index contributed by atoms with van der Waals surface area (Å²) < 4.78 is 26.5. The van der Waals surface area contributed by atoms with Crippen LogP contribution in [0.15, 0.2) is 12.2 Å². The highest BCUT2D eigenvalue weighted by Crippen LogP contribution is 2.38. The number of esters is 2. The topological polar surface area (TPSA) is 180 Å². The summed E-state index contributed by atoms with van der Waals surface area (Å²) in [6.07, 6.45) is 34.3. The van der Waals surface area contributed by atoms with E-state index in [1.54, 1.807) is 6.08 Å². The number of hydrogen-bond donors (Lipinski definition) is 5. The maximum atomic E-state index is 12.5. The second-order valence-electron chi connectivity index (χ2n) is 18.0. The molecular weight excluding hydrogens is 783 g/mol. The number of aliphatic hydroxyl groups excluding tert-OH is 3. The van der Waals surface area contributed by atoms with Gasteiger partial charge in [-0.1, -0.05) is 193 Å². The fourth-order valence-corrected chi connectivity index (χ4v) is 8.69. The predicted molar refractivity (Wildman–Crippen MR) is 241 cm³/mol. The van der Waals surface area contributed by atoms with Crippen LogP contribution in [0.3, 0.4) is 0 Å². The molecule has 0 radical (unpaired) electrons. The summed E-state index contributed by atoms with van der Waals surface area (Å²) in [5.74, 6) is -0.398. The van der Waals surface area contributed by atoms with Crippen LogP contribution in [-0.4, -0.2) is 74.7 Å². The first kappa shape index (κ1) is 56.7. The minimum Gasteiger partial charge on any atom is -0.462 e. The number of phosphoric ester groups is 1. The van der Waals surface area contributed by atoms with Crippen molar-refractivity contribution in [3.63, 3.8) is 0 Å². The second-order valence-corrected chi connectivity index (χ2v) is 19.2. The van der Waals surface area contributed by atoms with Crippen LogP contribution in [-0.2, 0) is 28.2 Å². The van der Waals surface area contributed by atoms with E-state index in [9.17, 15) is 29.5 Å². The van der Waals surface area contributed by atoms with E-state index < -0.39 is 50.8 Å². The van der Waals surface area contributed by atoms with Crippen molar-refractivity contribution < 1.29 is 53.3 Å². The molecule has 1 aliphatic rings. The summed E-state index contributed by atoms with van der Waals surface area (Å²) in [4.78, 5) is 43.3. The molecule has 0 heterocycles. The van der Waals surface area contributed by atoms with Crippen molar-refractivity contribution in [1.29, 1.82) is 0 Å². The molecule has 354 valence electrons. The van der Waals surface area contributed by atoms with Crippen LogP contribution < -0.4 is 0 Å². The Hall–Kier alpha value is -1.33. The van der Waals surface area contributed by atoms with Crippen molar-refractivity contribution in [2.75, 3.05) is 13.2 Å². The van der Waals surface area contributed by atoms with Crippen molar-refractivity contribution >= 4 is 19.8 Å². The molecule has 0 amide bonds. The minimum absolute atomic E-state index is 0.0814. The van der Waals surface area contributed by atoms with Crippen molar-refractivity contribution in [2.45, 2.75) is 251 Å². The van der Waals surface area contributed by atoms with Crippen LogP contribution >= 0.6 is 7.82 Å². The maximum absolute atomic E-state index is 12.5. The van der Waals surface area contributed by atoms with Gasteiger partial charge >= 0.3 is 19.8 Å². The zero-order valence-corrected chi connectivity index (χ0v) is 39.3. The summed E-state index contributed by atoms with van der Waals surface area (Å²) in [7, 11) is -4.81. The Kier molecular flexibility index (Phi) is 35.0. The third-order valence-electron chi connectivity index (χ3n) is 12.4. The van der Waals surface area contributed by atoms with E-state index in [2.05, 4.69) is 25.3 Å². The summed E-state index contributed by atoms with van der Waals surface area (Å²) in [6.45, 7) is 5.83. The Balaban J connectivity index is 2.14. The molecule has 60 heavy (non-hydrogen) atoms. The van der Waals surface area contributed by atoms with E-state index in [4.69, 9.17) is 19.3 Å². The first-order chi connectivity index (χ1) is 28.9. The average molecular weight is 875 g/mol. The molecule has 0 aromatic carbocycles. The lowest BCUT2D eigenvalue weighted by molar-refractivity contribution is -0.161. The number of rotatable bonds is 41. The van der Waals surface area contributed by atoms with Gasteiger partial charge in [-0.15, -0.1) is 0 Å². The quantitative estimate of drug-likeness (QED) is 0.0171. The largest absolute Gasteiger partial charge is 0.469 e. The lowest BCUT2D eigenvalue weighted by atomic mass is 9.88. The Labute approximate surface area is 365 Å². The van der Waals surface area contributed by atoms with E-state index in [0.29, 0.717) is 25.7 Å². The van der Waals surface area contributed by atoms with Gasteiger partial charge in [0.1, 0.15) is 6.61 Å². The van der Waals surface area contributed by atoms with Gasteiger partial charge in [0.25, 0.3) is 0 Å². The van der Waals surface area contributed by atoms with E-state index in [1.807, 2.05) is 6.08 Å². The summed E-state index contributed by atoms with van der Waals surface area (Å²) >= 11 is 0. The molecule has 0 saturated heterocycles. The average Bonchev–Trinajstić information content (AvgIpc) is 3.48. The van der Waals surface area contributed by atoms with Gasteiger partial charge in [0.05, 0.1) is 24.9 Å². The molecule has 0 aromatic rings. The highest BCUT2D eigenvalue weighted by atomic mass is 31.2. The van der Waals surface area contributed by atoms with Gasteiger partial charge in [0, 0.05) is 25.2 Å². The molecule has 7 atom stereocenters. The van der Waals surface area contributed by atoms with Gasteiger partial charge in [-0.05, 0) is 37.5 Å². The van der Waals surface area contributed by atoms with Gasteiger partial charge in [-0.3, -0.25) is 14.1 Å². The van der Waals surface area contributed by atoms with E-state index in [-0.39, 0.29) is 31.3 Å². The van der Waals surface area contributed by atoms with Gasteiger partial charge in [-0.2, -0.15) is 0 Å². The van der Waals surface area contributed by atoms with E-state index in [0.717, 1.165) is 70.1 Å². The molecule has 11 nitrogen and oxygen atoms in total. The summed E-state index contributed by atoms with van der Waals surface area (Å²) in [6, 6.07) is 0. The van der Waals surface area contributed by atoms with Crippen molar-refractivity contribution in [2.24, 2.45) is 17.8 Å². The summed E-state index contributed by atoms with van der Waals surface area (Å²) in [5, 5.41) is 31.3. The number of carbonyl (C=O) groups is 2. The molecule has 12 heteroatoms. The number of phosphoric acid groups is 1. The normalized spacial score (nSPS) is 19.8. The van der Waals surface area contributed by atoms with E-state index in [1.165, 1.54) is 103 Å². The number of aliphatic hydroxyl groups is 3. The molecule has 5 N–H and O–H groups in total. The fourth-order valence-electron chi connectivity index (χ4n) is 8.33. The molecule has 1 fully saturated rings. The third kappa shape index (κ3) is 32.4. The van der Waals surface area contributed by atoms with Gasteiger partial charge in [0.2, 0.25) is 0 Å². The predicted octanol–water partition coefficient (Wildman–Crippen LogP) is 11.6. The number of unbranched alkanes of at least 4 members (excludes halogenated alkanes) is 22. The van der Waals surface area contributed by atoms with Crippen LogP contribution in [0.1, 0.15) is 226 Å². The van der Waals surface area contributed by atoms with Gasteiger partial charge in [0.15, 0.2) is 6.10 Å². The molecule has 0 bridgehead atoms. The standard InChI is InChI=1S/C48H91O11P/c1-4-6-25-31-41(49)35-36-44-43(45(50)37-46(44)51)32-27-23-24-28-33-47(52)57-38-42(39-58-60(54,55)56)59-48(53)34-29-22-20-18-16-14-12-10-8-7-9-11-13-15-17-19-21-26-30-40(3)5-2/h35-36,40-46,49-51H,4-34,37-39H2,1-3H3,(H2,54,55,56)/b36-35+/t40?,41-,42+,43+,44+,45-,46+/m0/s1. The molecule has 1 unspecified atom stereocenters. The van der Waals surface area contributed by atoms with Gasteiger partial charge < -0.3 is 34.6 Å². The smallest absolute Gasteiger partial charge is 0.462 e. The van der Waals surface area contributed by atoms with Gasteiger partial charge in [-0.25, -0.2) is 4.57 Å². The minimum atomic E-state index is -4.81. The van der Waals surface area contributed by atoms with Crippen molar-refractivity contribution in [3.05, 3.63) is 12.2 Å². The fraction of sp³-hybridized carbons (Fsp3) is 0.917. The number of carbonyl (C=O) groups excluding carboxylic acids is 2. The maximum Gasteiger partial charge on any atom is 0.469 e. The van der Waals surface area contributed by atoms with Crippen LogP contribution in [0.5, 0.6) is 0 Å². The molecular formula is C48H91O11P. The van der Waals surface area contributed by atoms with Crippen LogP contribution in [0.25, 0.3) is 0 Å². The Bertz CT molecular complexity index is 1110. The second kappa shape index (κ2) is 37.1. The highest BCUT2D eigenvalue weighted by molar-refractivity contribution is 7.46. The van der Waals surface area contributed by atoms with Crippen LogP contribution in [0, 0.1) is 17.8 Å². The first-order valence-electron chi connectivity index (χ1n) is 24.6. The monoisotopic (exact) mass is 875 g/mol. The molecule has 0 aliphatic heterocycles. The third-order valence-corrected chi connectivity index (χ3v) is 12.9. The van der Waals surface area contributed by atoms with Crippen LogP contribution in [0.2, 0.25) is 0 Å². The highest BCUT2D eigenvalue weighted by Gasteiger charge is 2.39. The molecule has 1 aliphatic carbocycles. The SMILES string of the molecule is CCCCC[C@H](O)/C=C/[C@@H]1[C@@H](CCCCCCC(=O)OC[C@H](COP(=O)(O)O)OC(=O)CCCCCCCCCCCCCCCCCCCCC(C)CC)[C@@H](O)C[C@H]1O. The lowest BCUT2D eigenvalue weighted by Gasteiger charge is -2.21. The lowest BCUT2D eigenvalue weighted by Crippen LogP contribution is -2.29. The summed E-state index contributed by atoms with van der Waals surface area (Å²) in [5.41, 5.74) is 0. The van der Waals surface area contributed by atoms with E-state index >= 15 is 0 Å². The molecule has 1 rings (SSSR count). The Morgan fingerprint density at radius 2 is 1.13 bits per heavy atom. The Morgan fingerprint density at radius 3 is 1.65 bits per heavy atom. The van der Waals surface area contributed by atoms with Crippen LogP contribution in [0.4, 0.5) is 0 Å². The molecule has 1 saturated carbocycles. The van der Waals surface area contributed by atoms with Crippen molar-refractivity contribution in [1.82, 2.24) is 0 Å². The Morgan fingerprint density at radius 1 is 0.650 bits per heavy atom. The number of hydrogen-bond acceptors (Lipinski definition) is 9. The molecule has 0 spiro atoms. The van der Waals surface area contributed by atoms with Crippen molar-refractivity contribution in [3.8, 4) is 0 Å². The first-order valence-corrected chi connectivity index (χ1v) is 26.2. The zero-order valence-electron chi connectivity index (χ0n) is 38.4. The zero-order chi connectivity index (χ0) is 44.3. The number of ether oxygens (including phenoxy) is 2. The molecule has 0 aromatic heterocycles.